The number of carbonyl (C=O) groups is 2. The zero-order chi connectivity index (χ0) is 19.3. The average molecular weight is 408 g/mol. The molecule has 1 aliphatic heterocycles. The second kappa shape index (κ2) is 8.64. The van der Waals surface area contributed by atoms with Crippen molar-refractivity contribution in [1.82, 2.24) is 14.5 Å². The summed E-state index contributed by atoms with van der Waals surface area (Å²) in [5, 5.41) is 4.36. The number of piperazine rings is 1. The highest BCUT2D eigenvalue weighted by Gasteiger charge is 2.30. The molecule has 0 radical (unpaired) electrons. The Hall–Kier alpha value is -2.23. The first-order valence-electron chi connectivity index (χ1n) is 8.59. The molecule has 7 nitrogen and oxygen atoms in total. The molecule has 0 atom stereocenters. The van der Waals surface area contributed by atoms with E-state index >= 15 is 0 Å². The van der Waals surface area contributed by atoms with Crippen molar-refractivity contribution in [3.63, 3.8) is 0 Å². The number of nitrogens with one attached hydrogen (secondary N) is 1. The molecule has 144 valence electrons. The summed E-state index contributed by atoms with van der Waals surface area (Å²) in [4.78, 5) is 25.8. The van der Waals surface area contributed by atoms with Crippen LogP contribution in [0.15, 0.2) is 52.1 Å². The molecule has 0 bridgehead atoms. The minimum Gasteiger partial charge on any atom is -0.347 e. The molecule has 2 heterocycles. The van der Waals surface area contributed by atoms with Crippen LogP contribution in [0, 0.1) is 0 Å². The Bertz CT molecular complexity index is 875. The maximum atomic E-state index is 12.5. The SMILES string of the molecule is O=C(Cc1ccccc1)NCC(=O)N1CCN(S(=O)(=O)c2cccs2)CC1. The van der Waals surface area contributed by atoms with Gasteiger partial charge in [-0.15, -0.1) is 11.3 Å². The van der Waals surface area contributed by atoms with Gasteiger partial charge in [0.15, 0.2) is 0 Å². The zero-order valence-electron chi connectivity index (χ0n) is 14.7. The Kier molecular flexibility index (Phi) is 6.25. The molecule has 1 saturated heterocycles. The Morgan fingerprint density at radius 3 is 2.33 bits per heavy atom. The highest BCUT2D eigenvalue weighted by atomic mass is 32.2. The Morgan fingerprint density at radius 1 is 1.00 bits per heavy atom. The fraction of sp³-hybridized carbons (Fsp3) is 0.333. The van der Waals surface area contributed by atoms with Crippen LogP contribution in [0.25, 0.3) is 0 Å². The van der Waals surface area contributed by atoms with Crippen LogP contribution in [-0.4, -0.2) is 62.2 Å². The van der Waals surface area contributed by atoms with Gasteiger partial charge in [0.1, 0.15) is 4.21 Å². The van der Waals surface area contributed by atoms with Gasteiger partial charge in [0.2, 0.25) is 11.8 Å². The quantitative estimate of drug-likeness (QED) is 0.772. The third-order valence-electron chi connectivity index (χ3n) is 4.32. The fourth-order valence-electron chi connectivity index (χ4n) is 2.85. The highest BCUT2D eigenvalue weighted by Crippen LogP contribution is 2.21. The van der Waals surface area contributed by atoms with Crippen molar-refractivity contribution in [2.75, 3.05) is 32.7 Å². The molecule has 0 unspecified atom stereocenters. The van der Waals surface area contributed by atoms with E-state index in [1.807, 2.05) is 30.3 Å². The van der Waals surface area contributed by atoms with E-state index in [0.29, 0.717) is 17.3 Å². The third kappa shape index (κ3) is 4.94. The summed E-state index contributed by atoms with van der Waals surface area (Å²) in [7, 11) is -3.48. The number of amides is 2. The smallest absolute Gasteiger partial charge is 0.252 e. The minimum absolute atomic E-state index is 0.0800. The van der Waals surface area contributed by atoms with Crippen LogP contribution in [0.5, 0.6) is 0 Å². The summed E-state index contributed by atoms with van der Waals surface area (Å²) in [5.74, 6) is -0.418. The molecule has 1 aliphatic rings. The van der Waals surface area contributed by atoms with Crippen molar-refractivity contribution in [1.29, 1.82) is 0 Å². The average Bonchev–Trinajstić information content (AvgIpc) is 3.23. The molecule has 27 heavy (non-hydrogen) atoms. The molecule has 1 N–H and O–H groups in total. The van der Waals surface area contributed by atoms with E-state index in [-0.39, 0.29) is 37.9 Å². The topological polar surface area (TPSA) is 86.8 Å². The second-order valence-corrected chi connectivity index (χ2v) is 9.27. The van der Waals surface area contributed by atoms with Gasteiger partial charge in [-0.1, -0.05) is 36.4 Å². The minimum atomic E-state index is -3.48. The van der Waals surface area contributed by atoms with Gasteiger partial charge in [-0.25, -0.2) is 8.42 Å². The summed E-state index contributed by atoms with van der Waals surface area (Å²) < 4.78 is 26.7. The van der Waals surface area contributed by atoms with Crippen LogP contribution in [-0.2, 0) is 26.0 Å². The highest BCUT2D eigenvalue weighted by molar-refractivity contribution is 7.91. The Morgan fingerprint density at radius 2 is 1.70 bits per heavy atom. The number of benzene rings is 1. The predicted octanol–water partition coefficient (Wildman–Crippen LogP) is 0.940. The lowest BCUT2D eigenvalue weighted by Gasteiger charge is -2.33. The van der Waals surface area contributed by atoms with Crippen molar-refractivity contribution < 1.29 is 18.0 Å². The van der Waals surface area contributed by atoms with Crippen LogP contribution in [0.4, 0.5) is 0 Å². The second-order valence-electron chi connectivity index (χ2n) is 6.16. The standard InChI is InChI=1S/C18H21N3O4S2/c22-16(13-15-5-2-1-3-6-15)19-14-17(23)20-8-10-21(11-9-20)27(24,25)18-7-4-12-26-18/h1-7,12H,8-11,13-14H2,(H,19,22). The molecule has 3 rings (SSSR count). The van der Waals surface area contributed by atoms with Crippen molar-refractivity contribution in [3.8, 4) is 0 Å². The number of hydrogen-bond acceptors (Lipinski definition) is 5. The van der Waals surface area contributed by atoms with Crippen molar-refractivity contribution in [2.45, 2.75) is 10.6 Å². The molecule has 2 aromatic rings. The number of hydrogen-bond donors (Lipinski definition) is 1. The number of rotatable bonds is 6. The number of carbonyl (C=O) groups excluding carboxylic acids is 2. The van der Waals surface area contributed by atoms with E-state index in [9.17, 15) is 18.0 Å². The predicted molar refractivity (Wildman–Crippen MR) is 103 cm³/mol. The first-order chi connectivity index (χ1) is 13.0. The molecule has 2 amide bonds. The summed E-state index contributed by atoms with van der Waals surface area (Å²) in [6, 6.07) is 12.6. The monoisotopic (exact) mass is 407 g/mol. The van der Waals surface area contributed by atoms with E-state index < -0.39 is 10.0 Å². The molecule has 0 spiro atoms. The lowest BCUT2D eigenvalue weighted by atomic mass is 10.1. The first-order valence-corrected chi connectivity index (χ1v) is 10.9. The van der Waals surface area contributed by atoms with Crippen LogP contribution in [0.2, 0.25) is 0 Å². The number of thiophene rings is 1. The zero-order valence-corrected chi connectivity index (χ0v) is 16.3. The third-order valence-corrected chi connectivity index (χ3v) is 7.60. The molecular formula is C18H21N3O4S2. The van der Waals surface area contributed by atoms with Gasteiger partial charge in [0, 0.05) is 26.2 Å². The summed E-state index contributed by atoms with van der Waals surface area (Å²) in [5.41, 5.74) is 0.884. The van der Waals surface area contributed by atoms with Crippen molar-refractivity contribution in [3.05, 3.63) is 53.4 Å². The van der Waals surface area contributed by atoms with Crippen LogP contribution >= 0.6 is 11.3 Å². The molecule has 9 heteroatoms. The largest absolute Gasteiger partial charge is 0.347 e. The van der Waals surface area contributed by atoms with E-state index in [1.54, 1.807) is 22.4 Å². The Balaban J connectivity index is 1.45. The number of sulfonamides is 1. The van der Waals surface area contributed by atoms with Crippen LogP contribution < -0.4 is 5.32 Å². The van der Waals surface area contributed by atoms with Gasteiger partial charge in [0.25, 0.3) is 10.0 Å². The maximum absolute atomic E-state index is 12.5. The van der Waals surface area contributed by atoms with E-state index in [2.05, 4.69) is 5.32 Å². The van der Waals surface area contributed by atoms with Gasteiger partial charge in [-0.3, -0.25) is 9.59 Å². The lowest BCUT2D eigenvalue weighted by molar-refractivity contribution is -0.133. The van der Waals surface area contributed by atoms with Crippen LogP contribution in [0.3, 0.4) is 0 Å². The van der Waals surface area contributed by atoms with E-state index in [1.165, 1.54) is 15.6 Å². The van der Waals surface area contributed by atoms with Gasteiger partial charge in [-0.2, -0.15) is 4.31 Å². The molecule has 0 aliphatic carbocycles. The summed E-state index contributed by atoms with van der Waals surface area (Å²) in [6.07, 6.45) is 0.223. The molecule has 1 aromatic heterocycles. The van der Waals surface area contributed by atoms with Gasteiger partial charge in [-0.05, 0) is 17.0 Å². The lowest BCUT2D eigenvalue weighted by Crippen LogP contribution is -2.52. The number of nitrogens with zero attached hydrogens (tertiary/aromatic N) is 2. The van der Waals surface area contributed by atoms with Crippen LogP contribution in [0.1, 0.15) is 5.56 Å². The van der Waals surface area contributed by atoms with Gasteiger partial charge in [0.05, 0.1) is 13.0 Å². The van der Waals surface area contributed by atoms with Crippen molar-refractivity contribution >= 4 is 33.2 Å². The fourth-order valence-corrected chi connectivity index (χ4v) is 5.41. The first kappa shape index (κ1) is 19.5. The van der Waals surface area contributed by atoms with Gasteiger partial charge >= 0.3 is 0 Å². The molecule has 1 aromatic carbocycles. The Labute approximate surface area is 162 Å². The maximum Gasteiger partial charge on any atom is 0.252 e. The molecular weight excluding hydrogens is 386 g/mol. The summed E-state index contributed by atoms with van der Waals surface area (Å²) in [6.45, 7) is 1.06. The summed E-state index contributed by atoms with van der Waals surface area (Å²) >= 11 is 1.18. The molecule has 0 saturated carbocycles. The van der Waals surface area contributed by atoms with E-state index in [0.717, 1.165) is 5.56 Å². The van der Waals surface area contributed by atoms with E-state index in [4.69, 9.17) is 0 Å². The molecule has 1 fully saturated rings. The normalized spacial score (nSPS) is 15.5. The van der Waals surface area contributed by atoms with Crippen molar-refractivity contribution in [2.24, 2.45) is 0 Å². The van der Waals surface area contributed by atoms with Gasteiger partial charge < -0.3 is 10.2 Å².